The van der Waals surface area contributed by atoms with Crippen molar-refractivity contribution in [3.63, 3.8) is 0 Å². The van der Waals surface area contributed by atoms with Gasteiger partial charge >= 0.3 is 0 Å². The van der Waals surface area contributed by atoms with E-state index in [9.17, 15) is 35.4 Å². The van der Waals surface area contributed by atoms with E-state index in [0.29, 0.717) is 66.7 Å². The normalized spacial score (nSPS) is 22.0. The molecule has 67 heavy (non-hydrogen) atoms. The second-order valence-electron chi connectivity index (χ2n) is 19.2. The van der Waals surface area contributed by atoms with Crippen molar-refractivity contribution < 1.29 is 49.6 Å². The number of Topliss-reactive ketones (excluding diaryl/α,β-unsaturated/α-hetero) is 1. The Kier molecular flexibility index (Phi) is 15.0. The molecule has 354 valence electrons. The number of fused-ring (bicyclic) bond motifs is 8. The molecule has 0 amide bonds. The molecular formula is C56H65NO10. The van der Waals surface area contributed by atoms with Gasteiger partial charge in [0.1, 0.15) is 36.1 Å². The van der Waals surface area contributed by atoms with Crippen molar-refractivity contribution >= 4 is 28.3 Å². The average Bonchev–Trinajstić information content (AvgIpc) is 3.79. The van der Waals surface area contributed by atoms with Crippen LogP contribution in [0.2, 0.25) is 0 Å². The van der Waals surface area contributed by atoms with Gasteiger partial charge in [-0.15, -0.1) is 0 Å². The number of hydrogen-bond acceptors (Lipinski definition) is 11. The fourth-order valence-corrected chi connectivity index (χ4v) is 10.8. The Morgan fingerprint density at radius 1 is 0.985 bits per heavy atom. The zero-order valence-electron chi connectivity index (χ0n) is 38.8. The first-order valence-corrected chi connectivity index (χ1v) is 23.9. The molecular weight excluding hydrogens is 847 g/mol. The van der Waals surface area contributed by atoms with Crippen LogP contribution in [0.15, 0.2) is 84.7 Å². The highest BCUT2D eigenvalue weighted by Crippen LogP contribution is 2.52. The largest absolute Gasteiger partial charge is 0.508 e. The molecule has 1 saturated carbocycles. The van der Waals surface area contributed by atoms with Gasteiger partial charge < -0.3 is 50.2 Å². The van der Waals surface area contributed by atoms with Crippen LogP contribution in [0.4, 0.5) is 5.69 Å². The summed E-state index contributed by atoms with van der Waals surface area (Å²) in [5, 5.41) is 70.1. The minimum Gasteiger partial charge on any atom is -0.508 e. The summed E-state index contributed by atoms with van der Waals surface area (Å²) in [5.41, 5.74) is 5.30. The number of rotatable bonds is 13. The lowest BCUT2D eigenvalue weighted by Crippen LogP contribution is -2.27. The lowest BCUT2D eigenvalue weighted by atomic mass is 9.73. The molecule has 0 aromatic heterocycles. The van der Waals surface area contributed by atoms with Gasteiger partial charge in [0.2, 0.25) is 0 Å². The van der Waals surface area contributed by atoms with E-state index < -0.39 is 23.9 Å². The minimum atomic E-state index is -1.84. The lowest BCUT2D eigenvalue weighted by Gasteiger charge is -2.31. The molecule has 2 heterocycles. The summed E-state index contributed by atoms with van der Waals surface area (Å²) in [6.07, 6.45) is 16.0. The maximum Gasteiger partial charge on any atom is 0.178 e. The molecule has 0 saturated heterocycles. The van der Waals surface area contributed by atoms with Crippen LogP contribution >= 0.6 is 0 Å². The van der Waals surface area contributed by atoms with Crippen molar-refractivity contribution in [2.45, 2.75) is 121 Å². The Morgan fingerprint density at radius 3 is 2.57 bits per heavy atom. The van der Waals surface area contributed by atoms with Gasteiger partial charge in [0.25, 0.3) is 0 Å². The molecule has 0 unspecified atom stereocenters. The Morgan fingerprint density at radius 2 is 1.81 bits per heavy atom. The zero-order chi connectivity index (χ0) is 47.2. The number of hydrogen-bond donors (Lipinski definition) is 7. The number of phenolic OH excluding ortho intramolecular Hbond substituents is 1. The fourth-order valence-electron chi connectivity index (χ4n) is 10.8. The summed E-state index contributed by atoms with van der Waals surface area (Å²) < 4.78 is 18.7. The summed E-state index contributed by atoms with van der Waals surface area (Å²) in [5.74, 6) is 4.33. The van der Waals surface area contributed by atoms with E-state index in [4.69, 9.17) is 14.2 Å². The molecule has 5 aliphatic rings. The molecule has 1 spiro atoms. The van der Waals surface area contributed by atoms with E-state index in [0.717, 1.165) is 59.0 Å². The van der Waals surface area contributed by atoms with E-state index in [1.807, 2.05) is 60.7 Å². The van der Waals surface area contributed by atoms with Gasteiger partial charge in [0.15, 0.2) is 17.8 Å². The van der Waals surface area contributed by atoms with E-state index in [-0.39, 0.29) is 72.6 Å². The minimum absolute atomic E-state index is 0.00333. The predicted molar refractivity (Wildman–Crippen MR) is 260 cm³/mol. The van der Waals surface area contributed by atoms with E-state index in [1.165, 1.54) is 0 Å². The number of anilines is 1. The molecule has 6 bridgehead atoms. The fraction of sp³-hybridized carbons (Fsp3) is 0.446. The number of carbonyl (C=O) groups is 1. The van der Waals surface area contributed by atoms with Crippen molar-refractivity contribution in [3.8, 4) is 29.3 Å². The number of methoxy groups -OCH3 is 1. The molecule has 7 N–H and O–H groups in total. The molecule has 1 fully saturated rings. The Balaban J connectivity index is 1.14. The molecule has 3 aliphatic carbocycles. The van der Waals surface area contributed by atoms with Crippen LogP contribution in [-0.4, -0.2) is 68.9 Å². The third-order valence-corrected chi connectivity index (χ3v) is 14.4. The van der Waals surface area contributed by atoms with Crippen molar-refractivity contribution in [3.05, 3.63) is 124 Å². The molecule has 11 heteroatoms. The number of ketones is 1. The number of allylic oxidation sites excluding steroid dienone is 4. The number of carbonyl (C=O) groups excluding carboxylic acids is 1. The van der Waals surface area contributed by atoms with Crippen molar-refractivity contribution in [2.75, 3.05) is 25.6 Å². The smallest absolute Gasteiger partial charge is 0.178 e. The molecule has 2 aliphatic heterocycles. The Hall–Kier alpha value is -5.77. The highest BCUT2D eigenvalue weighted by Gasteiger charge is 2.40. The standard InChI is InChI=1S/C56H65NO10/c1-34-9-17-45-49-33-67-52-25-37(13-18-51(52)65-3)12-15-43(61)28-44(66-22-21-56(19-4-5-20-56)54-48(29-47(49)55(63)64)53(45)46(34)30-50(54)62)27-40-26-42(60)16-14-39(40)23-38(32-58)11-10-36-7-6-8-41(24-36)57-31-35(2)59/h6-9,13-14,16-18,24-26,29-30,34-35,38-40,44,55,57-60,62-64H,4-5,10-12,15,19-20,23,27-28,31-33H2,1-3H3/t34-,35-,38+,39+,40-,44-/m0/s1. The summed E-state index contributed by atoms with van der Waals surface area (Å²) >= 11 is 0. The van der Waals surface area contributed by atoms with Crippen LogP contribution in [0.1, 0.15) is 123 Å². The van der Waals surface area contributed by atoms with Gasteiger partial charge in [-0.2, -0.15) is 0 Å². The first-order chi connectivity index (χ1) is 32.3. The highest BCUT2D eigenvalue weighted by molar-refractivity contribution is 6.01. The van der Waals surface area contributed by atoms with Gasteiger partial charge in [-0.05, 0) is 157 Å². The quantitative estimate of drug-likeness (QED) is 0.0502. The number of phenols is 1. The van der Waals surface area contributed by atoms with Gasteiger partial charge in [0.05, 0.1) is 18.6 Å². The number of aliphatic hydroxyl groups is 5. The van der Waals surface area contributed by atoms with Crippen LogP contribution in [0.25, 0.3) is 16.8 Å². The lowest BCUT2D eigenvalue weighted by molar-refractivity contribution is -0.121. The summed E-state index contributed by atoms with van der Waals surface area (Å²) in [6.45, 7) is 4.26. The molecule has 6 atom stereocenters. The number of aromatic hydroxyl groups is 1. The number of aryl methyl sites for hydroxylation is 2. The van der Waals surface area contributed by atoms with Crippen molar-refractivity contribution in [1.29, 1.82) is 0 Å². The van der Waals surface area contributed by atoms with Crippen molar-refractivity contribution in [1.82, 2.24) is 0 Å². The van der Waals surface area contributed by atoms with Crippen LogP contribution in [0.3, 0.4) is 0 Å². The van der Waals surface area contributed by atoms with Crippen LogP contribution in [-0.2, 0) is 34.4 Å². The Labute approximate surface area is 393 Å². The van der Waals surface area contributed by atoms with Crippen LogP contribution < -0.4 is 14.8 Å². The molecule has 0 radical (unpaired) electrons. The second-order valence-corrected chi connectivity index (χ2v) is 19.2. The van der Waals surface area contributed by atoms with Crippen LogP contribution in [0, 0.1) is 29.8 Å². The summed E-state index contributed by atoms with van der Waals surface area (Å²) in [4.78, 5) is 14.0. The van der Waals surface area contributed by atoms with Gasteiger partial charge in [-0.1, -0.05) is 56.2 Å². The zero-order valence-corrected chi connectivity index (χ0v) is 38.8. The van der Waals surface area contributed by atoms with E-state index >= 15 is 0 Å². The summed E-state index contributed by atoms with van der Waals surface area (Å²) in [7, 11) is 1.56. The van der Waals surface area contributed by atoms with Gasteiger partial charge in [-0.3, -0.25) is 4.79 Å². The second kappa shape index (κ2) is 21.0. The van der Waals surface area contributed by atoms with Crippen LogP contribution in [0.5, 0.6) is 17.2 Å². The number of benzene rings is 4. The maximum atomic E-state index is 14.0. The third-order valence-electron chi connectivity index (χ3n) is 14.4. The molecule has 4 aromatic carbocycles. The van der Waals surface area contributed by atoms with E-state index in [2.05, 4.69) is 36.4 Å². The number of ether oxygens (including phenoxy) is 3. The average molecular weight is 912 g/mol. The molecule has 9 rings (SSSR count). The SMILES string of the molecule is COc1ccc2cc1OCc1c(C(O)O)cc3c(c(O)cc4c3c1C=C[C@@H]4C)C1(C#CO[C@@H](C[C@@H]3C=C(O)C=C[C@@H]3C[C@H](CO)CCc3cccc(NC[C@H](C)O)c3)CC(=O)CC2)CCCC1. The highest BCUT2D eigenvalue weighted by atomic mass is 16.5. The maximum absolute atomic E-state index is 14.0. The summed E-state index contributed by atoms with van der Waals surface area (Å²) in [6, 6.07) is 17.3. The van der Waals surface area contributed by atoms with Crippen molar-refractivity contribution in [2.24, 2.45) is 17.8 Å². The molecule has 11 nitrogen and oxygen atoms in total. The molecule has 4 aromatic rings. The van der Waals surface area contributed by atoms with E-state index in [1.54, 1.807) is 26.2 Å². The number of nitrogens with one attached hydrogen (secondary N) is 1. The van der Waals surface area contributed by atoms with Gasteiger partial charge in [-0.25, -0.2) is 0 Å². The third kappa shape index (κ3) is 10.8. The monoisotopic (exact) mass is 911 g/mol. The first kappa shape index (κ1) is 47.7. The first-order valence-electron chi connectivity index (χ1n) is 23.9. The topological polar surface area (TPSA) is 178 Å². The van der Waals surface area contributed by atoms with Gasteiger partial charge in [0, 0.05) is 54.3 Å². The number of aliphatic hydroxyl groups excluding tert-OH is 4. The predicted octanol–water partition coefficient (Wildman–Crippen LogP) is 9.37. The Bertz CT molecular complexity index is 2590.